The highest BCUT2D eigenvalue weighted by atomic mass is 35.5. The van der Waals surface area contributed by atoms with Gasteiger partial charge in [-0.1, -0.05) is 0 Å². The maximum Gasteiger partial charge on any atom is 0.129 e. The molecule has 2 unspecified atom stereocenters. The number of aliphatic hydroxyl groups is 2. The van der Waals surface area contributed by atoms with Crippen molar-refractivity contribution in [3.05, 3.63) is 0 Å². The van der Waals surface area contributed by atoms with Crippen molar-refractivity contribution in [3.63, 3.8) is 0 Å². The Bertz CT molecular complexity index is 392. The first-order chi connectivity index (χ1) is 12.5. The van der Waals surface area contributed by atoms with Crippen LogP contribution in [-0.2, 0) is 0 Å². The SMILES string of the molecule is OC(CCl)CN1CC[N+]2(CC1)CC[N+]1(CCN(CC(O)CCl)CC1)CC2.[Cl-]. The van der Waals surface area contributed by atoms with Crippen LogP contribution < -0.4 is 12.4 Å². The number of halogens is 3. The molecule has 0 saturated carbocycles. The molecular weight excluding hydrogens is 411 g/mol. The van der Waals surface area contributed by atoms with Gasteiger partial charge in [0.1, 0.15) is 26.2 Å². The summed E-state index contributed by atoms with van der Waals surface area (Å²) in [5.74, 6) is 0.658. The average Bonchev–Trinajstić information content (AvgIpc) is 2.68. The van der Waals surface area contributed by atoms with Gasteiger partial charge in [0, 0.05) is 51.0 Å². The first-order valence-electron chi connectivity index (χ1n) is 10.1. The van der Waals surface area contributed by atoms with E-state index in [1.807, 2.05) is 0 Å². The number of piperazine rings is 3. The number of alkyl halides is 2. The van der Waals surface area contributed by atoms with Crippen LogP contribution in [0.3, 0.4) is 0 Å². The van der Waals surface area contributed by atoms with Crippen molar-refractivity contribution >= 4 is 23.2 Å². The molecule has 0 amide bonds. The van der Waals surface area contributed by atoms with Gasteiger partial charge in [-0.15, -0.1) is 23.2 Å². The van der Waals surface area contributed by atoms with Crippen LogP contribution >= 0.6 is 23.2 Å². The molecule has 0 radical (unpaired) electrons. The van der Waals surface area contributed by atoms with E-state index < -0.39 is 12.2 Å². The summed E-state index contributed by atoms with van der Waals surface area (Å²) in [4.78, 5) is 4.74. The fraction of sp³-hybridized carbons (Fsp3) is 1.00. The Kier molecular flexibility index (Phi) is 9.38. The Morgan fingerprint density at radius 1 is 0.630 bits per heavy atom. The highest BCUT2D eigenvalue weighted by Crippen LogP contribution is 2.24. The van der Waals surface area contributed by atoms with E-state index in [1.54, 1.807) is 0 Å². The van der Waals surface area contributed by atoms with E-state index >= 15 is 0 Å². The van der Waals surface area contributed by atoms with Gasteiger partial charge in [0.05, 0.1) is 38.4 Å². The number of aliphatic hydroxyl groups excluding tert-OH is 2. The van der Waals surface area contributed by atoms with Crippen LogP contribution in [-0.4, -0.2) is 145 Å². The lowest BCUT2D eigenvalue weighted by atomic mass is 10.1. The smallest absolute Gasteiger partial charge is 0.129 e. The average molecular weight is 447 g/mol. The summed E-state index contributed by atoms with van der Waals surface area (Å²) in [5.41, 5.74) is 0. The van der Waals surface area contributed by atoms with Gasteiger partial charge in [0.25, 0.3) is 0 Å². The first kappa shape index (κ1) is 23.9. The van der Waals surface area contributed by atoms with Crippen LogP contribution in [0.5, 0.6) is 0 Å². The lowest BCUT2D eigenvalue weighted by Gasteiger charge is -2.54. The molecule has 9 heteroatoms. The Labute approximate surface area is 180 Å². The summed E-state index contributed by atoms with van der Waals surface area (Å²) < 4.78 is 2.53. The predicted molar refractivity (Wildman–Crippen MR) is 106 cm³/mol. The molecule has 3 aliphatic heterocycles. The maximum absolute atomic E-state index is 9.76. The lowest BCUT2D eigenvalue weighted by Crippen LogP contribution is -3.00. The summed E-state index contributed by atoms with van der Waals surface area (Å²) >= 11 is 11.5. The molecule has 3 aliphatic rings. The molecular formula is C18H36Cl3N4O2+. The van der Waals surface area contributed by atoms with Crippen molar-refractivity contribution < 1.29 is 31.6 Å². The topological polar surface area (TPSA) is 46.9 Å². The molecule has 0 bridgehead atoms. The number of hydrogen-bond acceptors (Lipinski definition) is 4. The zero-order chi connectivity index (χ0) is 18.6. The molecule has 3 fully saturated rings. The first-order valence-corrected chi connectivity index (χ1v) is 11.2. The van der Waals surface area contributed by atoms with Crippen molar-refractivity contribution in [2.45, 2.75) is 12.2 Å². The highest BCUT2D eigenvalue weighted by molar-refractivity contribution is 6.18. The van der Waals surface area contributed by atoms with E-state index in [9.17, 15) is 10.2 Å². The van der Waals surface area contributed by atoms with Crippen molar-refractivity contribution in [2.24, 2.45) is 0 Å². The number of β-amino-alcohol motifs (C(OH)–C–C–N with tert-alkyl or cyclic N) is 2. The van der Waals surface area contributed by atoms with Gasteiger partial charge in [-0.25, -0.2) is 0 Å². The summed E-state index contributed by atoms with van der Waals surface area (Å²) in [7, 11) is 0. The quantitative estimate of drug-likeness (QED) is 0.328. The minimum absolute atomic E-state index is 0. The third kappa shape index (κ3) is 6.30. The van der Waals surface area contributed by atoms with Gasteiger partial charge < -0.3 is 31.6 Å². The summed E-state index contributed by atoms with van der Waals surface area (Å²) in [6.45, 7) is 15.8. The van der Waals surface area contributed by atoms with Gasteiger partial charge in [0.2, 0.25) is 0 Å². The monoisotopic (exact) mass is 445 g/mol. The second-order valence-electron chi connectivity index (χ2n) is 8.69. The van der Waals surface area contributed by atoms with Crippen molar-refractivity contribution in [1.82, 2.24) is 9.80 Å². The molecule has 0 aromatic heterocycles. The second kappa shape index (κ2) is 10.6. The standard InChI is InChI=1S/C18H36Cl2N4O2.ClH/c19-13-17(25)15-21-1-5-23(6-2-21)9-11-24(12-10-23)7-3-22(4-8-24)16-18(26)14-20;/h17-18,25-26H,1-16H2;1H/q+2;/p-1. The fourth-order valence-corrected chi connectivity index (χ4v) is 5.08. The molecule has 27 heavy (non-hydrogen) atoms. The number of quaternary nitrogens is 2. The largest absolute Gasteiger partial charge is 1.00 e. The van der Waals surface area contributed by atoms with Gasteiger partial charge >= 0.3 is 0 Å². The molecule has 160 valence electrons. The molecule has 0 aromatic carbocycles. The normalized spacial score (nSPS) is 28.0. The molecule has 0 aliphatic carbocycles. The lowest BCUT2D eigenvalue weighted by molar-refractivity contribution is -1.03. The van der Waals surface area contributed by atoms with Gasteiger partial charge in [-0.3, -0.25) is 9.80 Å². The van der Waals surface area contributed by atoms with Crippen molar-refractivity contribution in [1.29, 1.82) is 0 Å². The van der Waals surface area contributed by atoms with E-state index in [0.29, 0.717) is 24.8 Å². The predicted octanol–water partition coefficient (Wildman–Crippen LogP) is -3.53. The minimum atomic E-state index is -0.396. The molecule has 2 N–H and O–H groups in total. The summed E-state index contributed by atoms with van der Waals surface area (Å²) in [6, 6.07) is 0. The molecule has 6 nitrogen and oxygen atoms in total. The van der Waals surface area contributed by atoms with Gasteiger partial charge in [-0.2, -0.15) is 0 Å². The molecule has 3 saturated heterocycles. The van der Waals surface area contributed by atoms with E-state index in [0.717, 1.165) is 26.2 Å². The summed E-state index contributed by atoms with van der Waals surface area (Å²) in [6.07, 6.45) is -0.793. The highest BCUT2D eigenvalue weighted by Gasteiger charge is 2.45. The van der Waals surface area contributed by atoms with Crippen LogP contribution in [0.2, 0.25) is 0 Å². The van der Waals surface area contributed by atoms with Crippen LogP contribution in [0.25, 0.3) is 0 Å². The minimum Gasteiger partial charge on any atom is -1.00 e. The van der Waals surface area contributed by atoms with Crippen LogP contribution in [0.15, 0.2) is 0 Å². The third-order valence-electron chi connectivity index (χ3n) is 6.95. The molecule has 2 atom stereocenters. The molecule has 2 spiro atoms. The maximum atomic E-state index is 9.76. The van der Waals surface area contributed by atoms with Crippen LogP contribution in [0.1, 0.15) is 0 Å². The zero-order valence-electron chi connectivity index (χ0n) is 16.3. The third-order valence-corrected chi connectivity index (χ3v) is 7.67. The summed E-state index contributed by atoms with van der Waals surface area (Å²) in [5, 5.41) is 19.5. The Balaban J connectivity index is 0.00000261. The second-order valence-corrected chi connectivity index (χ2v) is 9.31. The molecule has 3 rings (SSSR count). The van der Waals surface area contributed by atoms with Gasteiger partial charge in [0.15, 0.2) is 0 Å². The number of hydrogen-bond donors (Lipinski definition) is 2. The Hall–Kier alpha value is 0.630. The van der Waals surface area contributed by atoms with Crippen LogP contribution in [0.4, 0.5) is 0 Å². The van der Waals surface area contributed by atoms with E-state index in [2.05, 4.69) is 9.80 Å². The van der Waals surface area contributed by atoms with E-state index in [1.165, 1.54) is 61.3 Å². The number of rotatable bonds is 6. The fourth-order valence-electron chi connectivity index (χ4n) is 4.89. The van der Waals surface area contributed by atoms with Crippen molar-refractivity contribution in [2.75, 3.05) is 103 Å². The number of nitrogens with zero attached hydrogens (tertiary/aromatic N) is 4. The Morgan fingerprint density at radius 2 is 0.926 bits per heavy atom. The van der Waals surface area contributed by atoms with E-state index in [4.69, 9.17) is 23.2 Å². The van der Waals surface area contributed by atoms with Gasteiger partial charge in [-0.05, 0) is 0 Å². The van der Waals surface area contributed by atoms with Crippen molar-refractivity contribution in [3.8, 4) is 0 Å². The Morgan fingerprint density at radius 3 is 1.19 bits per heavy atom. The van der Waals surface area contributed by atoms with E-state index in [-0.39, 0.29) is 12.4 Å². The molecule has 0 aromatic rings. The zero-order valence-corrected chi connectivity index (χ0v) is 18.6. The van der Waals surface area contributed by atoms with Crippen LogP contribution in [0, 0.1) is 0 Å². The molecule has 3 heterocycles.